The molecule has 0 aromatic heterocycles. The van der Waals surface area contributed by atoms with Crippen LogP contribution in [0.25, 0.3) is 0 Å². The Morgan fingerprint density at radius 1 is 1.00 bits per heavy atom. The summed E-state index contributed by atoms with van der Waals surface area (Å²) in [7, 11) is 1.59. The van der Waals surface area contributed by atoms with Crippen LogP contribution in [0.4, 0.5) is 0 Å². The monoisotopic (exact) mass is 452 g/mol. The second-order valence-corrected chi connectivity index (χ2v) is 8.82. The number of aryl methyl sites for hydroxylation is 1. The van der Waals surface area contributed by atoms with Crippen LogP contribution in [0.15, 0.2) is 36.4 Å². The van der Waals surface area contributed by atoms with Gasteiger partial charge in [-0.3, -0.25) is 19.3 Å². The van der Waals surface area contributed by atoms with Crippen molar-refractivity contribution in [3.63, 3.8) is 0 Å². The van der Waals surface area contributed by atoms with E-state index in [2.05, 4.69) is 19.2 Å². The maximum atomic E-state index is 12.6. The number of methoxy groups -OCH3 is 1. The molecule has 3 rings (SSSR count). The molecule has 1 unspecified atom stereocenters. The second-order valence-electron chi connectivity index (χ2n) is 8.82. The Morgan fingerprint density at radius 2 is 1.73 bits per heavy atom. The molecule has 0 spiro atoms. The number of hydrogen-bond donors (Lipinski definition) is 1. The van der Waals surface area contributed by atoms with E-state index in [0.29, 0.717) is 41.6 Å². The van der Waals surface area contributed by atoms with Crippen molar-refractivity contribution in [3.8, 4) is 11.5 Å². The fourth-order valence-corrected chi connectivity index (χ4v) is 3.73. The Labute approximate surface area is 195 Å². The fourth-order valence-electron chi connectivity index (χ4n) is 3.73. The van der Waals surface area contributed by atoms with Crippen molar-refractivity contribution in [1.29, 1.82) is 0 Å². The predicted octanol–water partition coefficient (Wildman–Crippen LogP) is 4.29. The number of fused-ring (bicyclic) bond motifs is 1. The van der Waals surface area contributed by atoms with Gasteiger partial charge in [0.15, 0.2) is 11.5 Å². The van der Waals surface area contributed by atoms with Gasteiger partial charge in [-0.2, -0.15) is 0 Å². The first-order valence-electron chi connectivity index (χ1n) is 11.3. The summed E-state index contributed by atoms with van der Waals surface area (Å²) < 4.78 is 11.2. The number of imide groups is 1. The third-order valence-electron chi connectivity index (χ3n) is 5.55. The van der Waals surface area contributed by atoms with E-state index in [0.717, 1.165) is 11.1 Å². The average Bonchev–Trinajstić information content (AvgIpc) is 3.01. The molecule has 2 aromatic carbocycles. The van der Waals surface area contributed by atoms with Gasteiger partial charge in [-0.05, 0) is 56.0 Å². The lowest BCUT2D eigenvalue weighted by molar-refractivity contribution is -0.121. The Balaban J connectivity index is 1.52. The number of hydrogen-bond acceptors (Lipinski definition) is 5. The standard InChI is InChI=1S/C26H32N2O5/c1-16(2)15-33-22-11-9-19(14-23(22)32-5)18(4)27-24(29)7-6-12-28-25(30)20-10-8-17(3)13-21(20)26(28)31/h8-11,13-14,16,18H,6-7,12,15H2,1-5H3,(H,27,29). The minimum atomic E-state index is -0.296. The smallest absolute Gasteiger partial charge is 0.261 e. The first-order valence-corrected chi connectivity index (χ1v) is 11.3. The molecule has 1 N–H and O–H groups in total. The maximum absolute atomic E-state index is 12.6. The highest BCUT2D eigenvalue weighted by Crippen LogP contribution is 2.31. The number of amides is 3. The number of nitrogens with one attached hydrogen (secondary N) is 1. The normalized spacial score (nSPS) is 13.8. The highest BCUT2D eigenvalue weighted by atomic mass is 16.5. The molecule has 0 fully saturated rings. The Hall–Kier alpha value is -3.35. The quantitative estimate of drug-likeness (QED) is 0.544. The SMILES string of the molecule is COc1cc(C(C)NC(=O)CCCN2C(=O)c3ccc(C)cc3C2=O)ccc1OCC(C)C. The lowest BCUT2D eigenvalue weighted by atomic mass is 10.1. The van der Waals surface area contributed by atoms with Crippen LogP contribution in [0, 0.1) is 12.8 Å². The Morgan fingerprint density at radius 3 is 2.42 bits per heavy atom. The van der Waals surface area contributed by atoms with Crippen LogP contribution < -0.4 is 14.8 Å². The molecule has 1 aliphatic heterocycles. The summed E-state index contributed by atoms with van der Waals surface area (Å²) in [6.45, 7) is 8.74. The molecule has 2 aromatic rings. The van der Waals surface area contributed by atoms with E-state index < -0.39 is 0 Å². The van der Waals surface area contributed by atoms with Gasteiger partial charge in [-0.1, -0.05) is 31.5 Å². The molecule has 1 heterocycles. The van der Waals surface area contributed by atoms with Crippen LogP contribution in [-0.4, -0.2) is 42.9 Å². The van der Waals surface area contributed by atoms with Gasteiger partial charge in [0, 0.05) is 13.0 Å². The third kappa shape index (κ3) is 5.72. The molecule has 176 valence electrons. The maximum Gasteiger partial charge on any atom is 0.261 e. The Bertz CT molecular complexity index is 1050. The van der Waals surface area contributed by atoms with Gasteiger partial charge < -0.3 is 14.8 Å². The van der Waals surface area contributed by atoms with E-state index in [1.807, 2.05) is 38.1 Å². The highest BCUT2D eigenvalue weighted by molar-refractivity contribution is 6.21. The number of benzene rings is 2. The van der Waals surface area contributed by atoms with Crippen molar-refractivity contribution in [2.24, 2.45) is 5.92 Å². The summed E-state index contributed by atoms with van der Waals surface area (Å²) in [6, 6.07) is 10.6. The predicted molar refractivity (Wildman–Crippen MR) is 126 cm³/mol. The van der Waals surface area contributed by atoms with E-state index in [9.17, 15) is 14.4 Å². The van der Waals surface area contributed by atoms with Gasteiger partial charge in [-0.25, -0.2) is 0 Å². The van der Waals surface area contributed by atoms with Crippen molar-refractivity contribution >= 4 is 17.7 Å². The van der Waals surface area contributed by atoms with Crippen LogP contribution in [0.2, 0.25) is 0 Å². The van der Waals surface area contributed by atoms with E-state index >= 15 is 0 Å². The van der Waals surface area contributed by atoms with Crippen LogP contribution in [0.5, 0.6) is 11.5 Å². The number of carbonyl (C=O) groups is 3. The van der Waals surface area contributed by atoms with E-state index in [1.165, 1.54) is 4.90 Å². The zero-order valence-corrected chi connectivity index (χ0v) is 19.9. The summed E-state index contributed by atoms with van der Waals surface area (Å²) in [6.07, 6.45) is 0.609. The Kier molecular flexibility index (Phi) is 7.74. The van der Waals surface area contributed by atoms with Gasteiger partial charge in [0.05, 0.1) is 30.9 Å². The van der Waals surface area contributed by atoms with Crippen LogP contribution >= 0.6 is 0 Å². The summed E-state index contributed by atoms with van der Waals surface area (Å²) in [5, 5.41) is 2.97. The molecule has 3 amide bonds. The van der Waals surface area contributed by atoms with Gasteiger partial charge in [-0.15, -0.1) is 0 Å². The molecular formula is C26H32N2O5. The fraction of sp³-hybridized carbons (Fsp3) is 0.423. The van der Waals surface area contributed by atoms with Gasteiger partial charge in [0.2, 0.25) is 5.91 Å². The van der Waals surface area contributed by atoms with Gasteiger partial charge in [0.25, 0.3) is 11.8 Å². The number of carbonyl (C=O) groups excluding carboxylic acids is 3. The van der Waals surface area contributed by atoms with Gasteiger partial charge in [0.1, 0.15) is 0 Å². The average molecular weight is 453 g/mol. The van der Waals surface area contributed by atoms with E-state index in [4.69, 9.17) is 9.47 Å². The summed E-state index contributed by atoms with van der Waals surface area (Å²) in [5.41, 5.74) is 2.69. The molecular weight excluding hydrogens is 420 g/mol. The van der Waals surface area contributed by atoms with Gasteiger partial charge >= 0.3 is 0 Å². The van der Waals surface area contributed by atoms with Crippen LogP contribution in [0.3, 0.4) is 0 Å². The van der Waals surface area contributed by atoms with Crippen molar-refractivity contribution in [1.82, 2.24) is 10.2 Å². The number of ether oxygens (including phenoxy) is 2. The van der Waals surface area contributed by atoms with Crippen molar-refractivity contribution in [2.45, 2.75) is 46.6 Å². The van der Waals surface area contributed by atoms with Crippen molar-refractivity contribution in [3.05, 3.63) is 58.7 Å². The zero-order valence-electron chi connectivity index (χ0n) is 19.9. The molecule has 0 saturated carbocycles. The summed E-state index contributed by atoms with van der Waals surface area (Å²) >= 11 is 0. The minimum Gasteiger partial charge on any atom is -0.493 e. The molecule has 0 bridgehead atoms. The zero-order chi connectivity index (χ0) is 24.1. The molecule has 33 heavy (non-hydrogen) atoms. The largest absolute Gasteiger partial charge is 0.493 e. The second kappa shape index (κ2) is 10.5. The number of nitrogens with zero attached hydrogens (tertiary/aromatic N) is 1. The highest BCUT2D eigenvalue weighted by Gasteiger charge is 2.35. The molecule has 0 aliphatic carbocycles. The minimum absolute atomic E-state index is 0.144. The summed E-state index contributed by atoms with van der Waals surface area (Å²) in [4.78, 5) is 38.8. The lowest BCUT2D eigenvalue weighted by Crippen LogP contribution is -2.32. The topological polar surface area (TPSA) is 84.9 Å². The molecule has 7 heteroatoms. The van der Waals surface area contributed by atoms with Crippen molar-refractivity contribution in [2.75, 3.05) is 20.3 Å². The van der Waals surface area contributed by atoms with E-state index in [1.54, 1.807) is 19.2 Å². The molecule has 0 saturated heterocycles. The third-order valence-corrected chi connectivity index (χ3v) is 5.55. The molecule has 1 atom stereocenters. The molecule has 1 aliphatic rings. The first kappa shape index (κ1) is 24.3. The van der Waals surface area contributed by atoms with E-state index in [-0.39, 0.29) is 36.7 Å². The molecule has 0 radical (unpaired) electrons. The van der Waals surface area contributed by atoms with Crippen molar-refractivity contribution < 1.29 is 23.9 Å². The molecule has 7 nitrogen and oxygen atoms in total. The van der Waals surface area contributed by atoms with Crippen LogP contribution in [-0.2, 0) is 4.79 Å². The van der Waals surface area contributed by atoms with Crippen LogP contribution in [0.1, 0.15) is 71.5 Å². The first-order chi connectivity index (χ1) is 15.7. The lowest BCUT2D eigenvalue weighted by Gasteiger charge is -2.18. The number of rotatable bonds is 10. The summed E-state index contributed by atoms with van der Waals surface area (Å²) in [5.74, 6) is 0.959.